The first kappa shape index (κ1) is 16.9. The Kier molecular flexibility index (Phi) is 4.95. The number of ether oxygens (including phenoxy) is 2. The van der Waals surface area contributed by atoms with Gasteiger partial charge in [0, 0.05) is 17.3 Å². The topological polar surface area (TPSA) is 60.7 Å². The van der Waals surface area contributed by atoms with Gasteiger partial charge in [0.2, 0.25) is 0 Å². The average molecular weight is 358 g/mol. The van der Waals surface area contributed by atoms with Crippen LogP contribution >= 0.6 is 11.6 Å². The number of methoxy groups -OCH3 is 2. The third-order valence-corrected chi connectivity index (χ3v) is 3.89. The van der Waals surface area contributed by atoms with Crippen LogP contribution < -0.4 is 14.8 Å². The van der Waals surface area contributed by atoms with Crippen LogP contribution in [-0.2, 0) is 0 Å². The Hall–Kier alpha value is -2.92. The van der Waals surface area contributed by atoms with E-state index >= 15 is 0 Å². The van der Waals surface area contributed by atoms with Crippen LogP contribution in [0.15, 0.2) is 59.0 Å². The maximum absolute atomic E-state index is 12.3. The van der Waals surface area contributed by atoms with Gasteiger partial charge < -0.3 is 19.2 Å². The summed E-state index contributed by atoms with van der Waals surface area (Å²) in [6, 6.07) is 15.7. The van der Waals surface area contributed by atoms with Crippen molar-refractivity contribution in [3.8, 4) is 22.8 Å². The van der Waals surface area contributed by atoms with E-state index in [-0.39, 0.29) is 11.7 Å². The summed E-state index contributed by atoms with van der Waals surface area (Å²) in [5.74, 6) is 1.63. The van der Waals surface area contributed by atoms with Crippen LogP contribution in [0, 0.1) is 0 Å². The monoisotopic (exact) mass is 357 g/mol. The minimum absolute atomic E-state index is 0.199. The predicted molar refractivity (Wildman–Crippen MR) is 96.7 cm³/mol. The van der Waals surface area contributed by atoms with Gasteiger partial charge in [-0.05, 0) is 42.5 Å². The Labute approximate surface area is 150 Å². The Morgan fingerprint density at radius 2 is 1.88 bits per heavy atom. The van der Waals surface area contributed by atoms with Crippen LogP contribution in [0.5, 0.6) is 11.5 Å². The summed E-state index contributed by atoms with van der Waals surface area (Å²) < 4.78 is 15.9. The molecule has 0 aliphatic heterocycles. The number of rotatable bonds is 5. The van der Waals surface area contributed by atoms with Crippen molar-refractivity contribution in [2.24, 2.45) is 0 Å². The van der Waals surface area contributed by atoms with Crippen LogP contribution in [0.4, 0.5) is 5.69 Å². The van der Waals surface area contributed by atoms with Crippen LogP contribution in [-0.4, -0.2) is 20.1 Å². The summed E-state index contributed by atoms with van der Waals surface area (Å²) in [4.78, 5) is 12.3. The number of furan rings is 1. The first-order valence-corrected chi connectivity index (χ1v) is 7.87. The standard InChI is InChI=1S/C19H16ClNO4/c1-23-14-5-3-4-13(11-14)21-19(22)18-9-8-16(25-18)12-6-7-17(24-2)15(20)10-12/h3-11H,1-2H3,(H,21,22). The molecular weight excluding hydrogens is 342 g/mol. The lowest BCUT2D eigenvalue weighted by atomic mass is 10.2. The lowest BCUT2D eigenvalue weighted by Gasteiger charge is -2.06. The third-order valence-electron chi connectivity index (χ3n) is 3.59. The van der Waals surface area contributed by atoms with E-state index in [4.69, 9.17) is 25.5 Å². The predicted octanol–water partition coefficient (Wildman–Crippen LogP) is 4.87. The summed E-state index contributed by atoms with van der Waals surface area (Å²) in [7, 11) is 3.12. The average Bonchev–Trinajstić information content (AvgIpc) is 3.12. The molecule has 0 saturated heterocycles. The minimum Gasteiger partial charge on any atom is -0.497 e. The number of carbonyl (C=O) groups is 1. The molecule has 2 aromatic carbocycles. The maximum atomic E-state index is 12.3. The molecule has 0 aliphatic carbocycles. The van der Waals surface area contributed by atoms with E-state index in [1.807, 2.05) is 6.07 Å². The summed E-state index contributed by atoms with van der Waals surface area (Å²) in [6.45, 7) is 0. The molecule has 0 spiro atoms. The molecule has 0 unspecified atom stereocenters. The van der Waals surface area contributed by atoms with Gasteiger partial charge >= 0.3 is 0 Å². The van der Waals surface area contributed by atoms with E-state index in [2.05, 4.69) is 5.32 Å². The fraction of sp³-hybridized carbons (Fsp3) is 0.105. The van der Waals surface area contributed by atoms with Crippen molar-refractivity contribution in [3.05, 3.63) is 65.4 Å². The van der Waals surface area contributed by atoms with Gasteiger partial charge in [-0.2, -0.15) is 0 Å². The SMILES string of the molecule is COc1cccc(NC(=O)c2ccc(-c3ccc(OC)c(Cl)c3)o2)c1. The van der Waals surface area contributed by atoms with E-state index < -0.39 is 0 Å². The number of benzene rings is 2. The Morgan fingerprint density at radius 3 is 2.60 bits per heavy atom. The van der Waals surface area contributed by atoms with Gasteiger partial charge in [-0.25, -0.2) is 0 Å². The van der Waals surface area contributed by atoms with Crippen molar-refractivity contribution >= 4 is 23.2 Å². The molecule has 0 bridgehead atoms. The summed E-state index contributed by atoms with van der Waals surface area (Å²) in [5, 5.41) is 3.24. The molecule has 1 heterocycles. The second-order valence-corrected chi connectivity index (χ2v) is 5.61. The zero-order valence-electron chi connectivity index (χ0n) is 13.7. The number of hydrogen-bond acceptors (Lipinski definition) is 4. The van der Waals surface area contributed by atoms with Gasteiger partial charge in [-0.15, -0.1) is 0 Å². The molecule has 3 aromatic rings. The minimum atomic E-state index is -0.348. The highest BCUT2D eigenvalue weighted by Crippen LogP contribution is 2.31. The van der Waals surface area contributed by atoms with Gasteiger partial charge in [0.25, 0.3) is 5.91 Å². The normalized spacial score (nSPS) is 10.4. The van der Waals surface area contributed by atoms with Crippen molar-refractivity contribution < 1.29 is 18.7 Å². The highest BCUT2D eigenvalue weighted by atomic mass is 35.5. The number of halogens is 1. The van der Waals surface area contributed by atoms with Crippen molar-refractivity contribution in [1.29, 1.82) is 0 Å². The van der Waals surface area contributed by atoms with Crippen LogP contribution in [0.25, 0.3) is 11.3 Å². The summed E-state index contributed by atoms with van der Waals surface area (Å²) in [5.41, 5.74) is 1.38. The molecule has 0 radical (unpaired) electrons. The van der Waals surface area contributed by atoms with E-state index in [0.29, 0.717) is 28.0 Å². The van der Waals surface area contributed by atoms with Gasteiger partial charge in [0.05, 0.1) is 19.2 Å². The van der Waals surface area contributed by atoms with Crippen LogP contribution in [0.1, 0.15) is 10.6 Å². The van der Waals surface area contributed by atoms with Gasteiger partial charge in [0.1, 0.15) is 17.3 Å². The summed E-state index contributed by atoms with van der Waals surface area (Å²) in [6.07, 6.45) is 0. The highest BCUT2D eigenvalue weighted by molar-refractivity contribution is 6.32. The lowest BCUT2D eigenvalue weighted by molar-refractivity contribution is 0.0997. The lowest BCUT2D eigenvalue weighted by Crippen LogP contribution is -2.10. The number of hydrogen-bond donors (Lipinski definition) is 1. The van der Waals surface area contributed by atoms with Crippen molar-refractivity contribution in [2.45, 2.75) is 0 Å². The molecule has 0 saturated carbocycles. The summed E-state index contributed by atoms with van der Waals surface area (Å²) >= 11 is 6.13. The fourth-order valence-corrected chi connectivity index (χ4v) is 2.59. The van der Waals surface area contributed by atoms with E-state index in [1.54, 1.807) is 62.8 Å². The number of amides is 1. The Morgan fingerprint density at radius 1 is 1.04 bits per heavy atom. The maximum Gasteiger partial charge on any atom is 0.291 e. The number of anilines is 1. The van der Waals surface area contributed by atoms with Gasteiger partial charge in [0.15, 0.2) is 5.76 Å². The van der Waals surface area contributed by atoms with Gasteiger partial charge in [-0.3, -0.25) is 4.79 Å². The largest absolute Gasteiger partial charge is 0.497 e. The molecule has 3 rings (SSSR count). The van der Waals surface area contributed by atoms with Crippen LogP contribution in [0.2, 0.25) is 5.02 Å². The molecule has 1 N–H and O–H groups in total. The van der Waals surface area contributed by atoms with Gasteiger partial charge in [-0.1, -0.05) is 17.7 Å². The first-order chi connectivity index (χ1) is 12.1. The second kappa shape index (κ2) is 7.32. The third kappa shape index (κ3) is 3.78. The van der Waals surface area contributed by atoms with Crippen molar-refractivity contribution in [1.82, 2.24) is 0 Å². The van der Waals surface area contributed by atoms with E-state index in [9.17, 15) is 4.79 Å². The van der Waals surface area contributed by atoms with Crippen LogP contribution in [0.3, 0.4) is 0 Å². The zero-order chi connectivity index (χ0) is 17.8. The number of nitrogens with one attached hydrogen (secondary N) is 1. The fourth-order valence-electron chi connectivity index (χ4n) is 2.33. The molecule has 1 aromatic heterocycles. The Bertz CT molecular complexity index is 904. The molecule has 6 heteroatoms. The van der Waals surface area contributed by atoms with E-state index in [1.165, 1.54) is 0 Å². The highest BCUT2D eigenvalue weighted by Gasteiger charge is 2.14. The zero-order valence-corrected chi connectivity index (χ0v) is 14.5. The first-order valence-electron chi connectivity index (χ1n) is 7.50. The van der Waals surface area contributed by atoms with E-state index in [0.717, 1.165) is 5.56 Å². The molecule has 0 fully saturated rings. The Balaban J connectivity index is 1.78. The molecule has 128 valence electrons. The molecule has 1 amide bonds. The van der Waals surface area contributed by atoms with Crippen molar-refractivity contribution in [3.63, 3.8) is 0 Å². The molecule has 25 heavy (non-hydrogen) atoms. The molecular formula is C19H16ClNO4. The molecule has 0 atom stereocenters. The molecule has 5 nitrogen and oxygen atoms in total. The smallest absolute Gasteiger partial charge is 0.291 e. The second-order valence-electron chi connectivity index (χ2n) is 5.20. The quantitative estimate of drug-likeness (QED) is 0.707. The van der Waals surface area contributed by atoms with Crippen molar-refractivity contribution in [2.75, 3.05) is 19.5 Å². The number of carbonyl (C=O) groups excluding carboxylic acids is 1. The molecule has 0 aliphatic rings.